The second-order valence-electron chi connectivity index (χ2n) is 5.09. The first kappa shape index (κ1) is 15.9. The van der Waals surface area contributed by atoms with E-state index in [1.165, 1.54) is 0 Å². The minimum absolute atomic E-state index is 0.338. The molecular formula is C13H30N2O. The largest absolute Gasteiger partial charge is 0.377 e. The van der Waals surface area contributed by atoms with E-state index >= 15 is 0 Å². The zero-order valence-corrected chi connectivity index (χ0v) is 11.9. The Kier molecular flexibility index (Phi) is 8.90. The third kappa shape index (κ3) is 8.08. The molecule has 0 amide bonds. The lowest BCUT2D eigenvalue weighted by Gasteiger charge is -2.30. The van der Waals surface area contributed by atoms with Gasteiger partial charge in [0.05, 0.1) is 12.7 Å². The minimum atomic E-state index is 0.338. The lowest BCUT2D eigenvalue weighted by Crippen LogP contribution is -2.41. The van der Waals surface area contributed by atoms with Crippen LogP contribution in [0, 0.1) is 0 Å². The Balaban J connectivity index is 3.48. The van der Waals surface area contributed by atoms with Crippen molar-refractivity contribution < 1.29 is 4.74 Å². The lowest BCUT2D eigenvalue weighted by molar-refractivity contribution is 0.0799. The molecule has 0 fully saturated rings. The topological polar surface area (TPSA) is 24.5 Å². The lowest BCUT2D eigenvalue weighted by atomic mass is 10.2. The van der Waals surface area contributed by atoms with Crippen LogP contribution in [0.2, 0.25) is 0 Å². The van der Waals surface area contributed by atoms with Gasteiger partial charge in [-0.3, -0.25) is 4.90 Å². The van der Waals surface area contributed by atoms with E-state index in [2.05, 4.69) is 51.8 Å². The van der Waals surface area contributed by atoms with Gasteiger partial charge in [-0.05, 0) is 41.5 Å². The molecule has 0 heterocycles. The Morgan fingerprint density at radius 2 is 1.50 bits per heavy atom. The molecule has 3 nitrogen and oxygen atoms in total. The summed E-state index contributed by atoms with van der Waals surface area (Å²) in [5.41, 5.74) is 0. The molecule has 0 aliphatic rings. The van der Waals surface area contributed by atoms with Crippen molar-refractivity contribution in [1.29, 1.82) is 0 Å². The Morgan fingerprint density at radius 3 is 1.94 bits per heavy atom. The molecular weight excluding hydrogens is 200 g/mol. The molecule has 0 aromatic heterocycles. The molecule has 0 saturated heterocycles. The summed E-state index contributed by atoms with van der Waals surface area (Å²) in [5, 5.41) is 3.41. The maximum absolute atomic E-state index is 5.47. The van der Waals surface area contributed by atoms with Crippen LogP contribution in [0.1, 0.15) is 41.5 Å². The number of rotatable bonds is 9. The van der Waals surface area contributed by atoms with Gasteiger partial charge in [0, 0.05) is 31.7 Å². The standard InChI is InChI=1S/C13H30N2O/c1-11(2)15(12(3)4)9-7-14-8-10-16-13(5)6/h11-14H,7-10H2,1-6H3. The zero-order chi connectivity index (χ0) is 12.6. The second-order valence-corrected chi connectivity index (χ2v) is 5.09. The van der Waals surface area contributed by atoms with Crippen LogP contribution in [0.3, 0.4) is 0 Å². The number of nitrogens with zero attached hydrogens (tertiary/aromatic N) is 1. The third-order valence-corrected chi connectivity index (χ3v) is 2.60. The molecule has 98 valence electrons. The van der Waals surface area contributed by atoms with Gasteiger partial charge in [0.25, 0.3) is 0 Å². The van der Waals surface area contributed by atoms with E-state index in [0.717, 1.165) is 26.2 Å². The van der Waals surface area contributed by atoms with Gasteiger partial charge in [0.2, 0.25) is 0 Å². The van der Waals surface area contributed by atoms with Crippen molar-refractivity contribution in [1.82, 2.24) is 10.2 Å². The number of nitrogens with one attached hydrogen (secondary N) is 1. The first-order chi connectivity index (χ1) is 7.45. The van der Waals surface area contributed by atoms with Gasteiger partial charge in [-0.1, -0.05) is 0 Å². The molecule has 0 spiro atoms. The Bertz CT molecular complexity index is 150. The summed E-state index contributed by atoms with van der Waals surface area (Å²) in [4.78, 5) is 2.50. The molecule has 0 atom stereocenters. The Morgan fingerprint density at radius 1 is 0.938 bits per heavy atom. The highest BCUT2D eigenvalue weighted by molar-refractivity contribution is 4.68. The van der Waals surface area contributed by atoms with Crippen molar-refractivity contribution in [2.75, 3.05) is 26.2 Å². The van der Waals surface area contributed by atoms with E-state index in [-0.39, 0.29) is 0 Å². The van der Waals surface area contributed by atoms with Crippen LogP contribution in [0.4, 0.5) is 0 Å². The monoisotopic (exact) mass is 230 g/mol. The van der Waals surface area contributed by atoms with Crippen molar-refractivity contribution in [3.05, 3.63) is 0 Å². The van der Waals surface area contributed by atoms with Crippen LogP contribution >= 0.6 is 0 Å². The van der Waals surface area contributed by atoms with Crippen LogP contribution in [-0.4, -0.2) is 49.3 Å². The van der Waals surface area contributed by atoms with Crippen molar-refractivity contribution >= 4 is 0 Å². The summed E-state index contributed by atoms with van der Waals surface area (Å²) < 4.78 is 5.47. The van der Waals surface area contributed by atoms with Crippen molar-refractivity contribution in [3.63, 3.8) is 0 Å². The van der Waals surface area contributed by atoms with Gasteiger partial charge in [-0.25, -0.2) is 0 Å². The van der Waals surface area contributed by atoms with Gasteiger partial charge in [-0.15, -0.1) is 0 Å². The molecule has 0 aliphatic heterocycles. The van der Waals surface area contributed by atoms with Gasteiger partial charge < -0.3 is 10.1 Å². The zero-order valence-electron chi connectivity index (χ0n) is 11.9. The number of ether oxygens (including phenoxy) is 1. The number of hydrogen-bond acceptors (Lipinski definition) is 3. The molecule has 0 rings (SSSR count). The van der Waals surface area contributed by atoms with Crippen LogP contribution < -0.4 is 5.32 Å². The van der Waals surface area contributed by atoms with E-state index in [0.29, 0.717) is 18.2 Å². The van der Waals surface area contributed by atoms with Gasteiger partial charge >= 0.3 is 0 Å². The molecule has 3 heteroatoms. The van der Waals surface area contributed by atoms with Crippen molar-refractivity contribution in [2.45, 2.75) is 59.7 Å². The molecule has 0 aliphatic carbocycles. The van der Waals surface area contributed by atoms with Gasteiger partial charge in [0.1, 0.15) is 0 Å². The Labute approximate surface area is 102 Å². The fraction of sp³-hybridized carbons (Fsp3) is 1.00. The van der Waals surface area contributed by atoms with Crippen LogP contribution in [0.5, 0.6) is 0 Å². The predicted octanol–water partition coefficient (Wildman–Crippen LogP) is 2.12. The van der Waals surface area contributed by atoms with E-state index in [9.17, 15) is 0 Å². The fourth-order valence-electron chi connectivity index (χ4n) is 1.81. The predicted molar refractivity (Wildman–Crippen MR) is 70.9 cm³/mol. The highest BCUT2D eigenvalue weighted by Crippen LogP contribution is 2.02. The average Bonchev–Trinajstić information content (AvgIpc) is 2.14. The van der Waals surface area contributed by atoms with Gasteiger partial charge in [0.15, 0.2) is 0 Å². The van der Waals surface area contributed by atoms with Crippen LogP contribution in [0.25, 0.3) is 0 Å². The summed E-state index contributed by atoms with van der Waals surface area (Å²) in [7, 11) is 0. The summed E-state index contributed by atoms with van der Waals surface area (Å²) in [5.74, 6) is 0. The van der Waals surface area contributed by atoms with Gasteiger partial charge in [-0.2, -0.15) is 0 Å². The molecule has 0 aromatic rings. The second kappa shape index (κ2) is 8.97. The summed E-state index contributed by atoms with van der Waals surface area (Å²) >= 11 is 0. The SMILES string of the molecule is CC(C)OCCNCCN(C(C)C)C(C)C. The summed E-state index contributed by atoms with van der Waals surface area (Å²) in [6.07, 6.45) is 0.338. The smallest absolute Gasteiger partial charge is 0.0594 e. The average molecular weight is 230 g/mol. The third-order valence-electron chi connectivity index (χ3n) is 2.60. The Hall–Kier alpha value is -0.120. The highest BCUT2D eigenvalue weighted by atomic mass is 16.5. The summed E-state index contributed by atoms with van der Waals surface area (Å²) in [6.45, 7) is 17.0. The maximum atomic E-state index is 5.47. The molecule has 0 aromatic carbocycles. The first-order valence-corrected chi connectivity index (χ1v) is 6.53. The van der Waals surface area contributed by atoms with E-state index in [1.54, 1.807) is 0 Å². The molecule has 0 unspecified atom stereocenters. The molecule has 0 radical (unpaired) electrons. The summed E-state index contributed by atoms with van der Waals surface area (Å²) in [6, 6.07) is 1.24. The van der Waals surface area contributed by atoms with Crippen molar-refractivity contribution in [2.24, 2.45) is 0 Å². The molecule has 1 N–H and O–H groups in total. The quantitative estimate of drug-likeness (QED) is 0.614. The molecule has 0 saturated carbocycles. The fourth-order valence-corrected chi connectivity index (χ4v) is 1.81. The molecule has 16 heavy (non-hydrogen) atoms. The first-order valence-electron chi connectivity index (χ1n) is 6.53. The van der Waals surface area contributed by atoms with E-state index < -0.39 is 0 Å². The normalized spacial score (nSPS) is 12.4. The molecule has 0 bridgehead atoms. The van der Waals surface area contributed by atoms with Crippen molar-refractivity contribution in [3.8, 4) is 0 Å². The highest BCUT2D eigenvalue weighted by Gasteiger charge is 2.11. The minimum Gasteiger partial charge on any atom is -0.377 e. The maximum Gasteiger partial charge on any atom is 0.0594 e. The van der Waals surface area contributed by atoms with E-state index in [4.69, 9.17) is 4.74 Å². The number of hydrogen-bond donors (Lipinski definition) is 1. The van der Waals surface area contributed by atoms with E-state index in [1.807, 2.05) is 0 Å². The van der Waals surface area contributed by atoms with Crippen LogP contribution in [0.15, 0.2) is 0 Å². The van der Waals surface area contributed by atoms with Crippen LogP contribution in [-0.2, 0) is 4.74 Å².